The third-order valence-corrected chi connectivity index (χ3v) is 3.18. The number of rotatable bonds is 6. The molecule has 0 saturated heterocycles. The topological polar surface area (TPSA) is 53.0 Å². The minimum absolute atomic E-state index is 0.116. The van der Waals surface area contributed by atoms with Crippen molar-refractivity contribution < 1.29 is 0 Å². The molecule has 0 bridgehead atoms. The van der Waals surface area contributed by atoms with Gasteiger partial charge in [-0.1, -0.05) is 19.1 Å². The van der Waals surface area contributed by atoms with Crippen LogP contribution in [-0.2, 0) is 0 Å². The average Bonchev–Trinajstić information content (AvgIpc) is 2.38. The van der Waals surface area contributed by atoms with Gasteiger partial charge in [0.2, 0.25) is 0 Å². The van der Waals surface area contributed by atoms with Gasteiger partial charge in [-0.05, 0) is 38.0 Å². The van der Waals surface area contributed by atoms with E-state index in [9.17, 15) is 0 Å². The van der Waals surface area contributed by atoms with Gasteiger partial charge >= 0.3 is 0 Å². The fourth-order valence-corrected chi connectivity index (χ4v) is 2.00. The molecular weight excluding hydrogens is 222 g/mol. The number of nitriles is 1. The number of nitrogens with zero attached hydrogens (tertiary/aromatic N) is 2. The maximum absolute atomic E-state index is 8.70. The minimum Gasteiger partial charge on any atom is -0.368 e. The summed E-state index contributed by atoms with van der Waals surface area (Å²) in [6.45, 7) is 7.14. The first-order chi connectivity index (χ1) is 8.60. The molecule has 3 nitrogen and oxygen atoms in total. The zero-order chi connectivity index (χ0) is 13.5. The smallest absolute Gasteiger partial charge is 0.0640 e. The van der Waals surface area contributed by atoms with Gasteiger partial charge in [0.25, 0.3) is 0 Å². The van der Waals surface area contributed by atoms with E-state index < -0.39 is 0 Å². The molecule has 0 fully saturated rings. The van der Waals surface area contributed by atoms with E-state index in [0.717, 1.165) is 18.7 Å². The highest BCUT2D eigenvalue weighted by molar-refractivity contribution is 5.48. The normalized spacial score (nSPS) is 12.2. The zero-order valence-electron chi connectivity index (χ0n) is 11.6. The maximum Gasteiger partial charge on any atom is 0.0640 e. The summed E-state index contributed by atoms with van der Waals surface area (Å²) >= 11 is 0. The molecule has 1 atom stereocenters. The molecule has 1 rings (SSSR count). The summed E-state index contributed by atoms with van der Waals surface area (Å²) in [5.41, 5.74) is 8.33. The molecule has 2 N–H and O–H groups in total. The first kappa shape index (κ1) is 14.5. The molecule has 0 aromatic heterocycles. The van der Waals surface area contributed by atoms with Gasteiger partial charge in [-0.2, -0.15) is 5.26 Å². The minimum atomic E-state index is 0.116. The number of hydrogen-bond donors (Lipinski definition) is 1. The molecule has 0 amide bonds. The van der Waals surface area contributed by atoms with Crippen LogP contribution in [0.1, 0.15) is 45.2 Å². The van der Waals surface area contributed by atoms with Crippen molar-refractivity contribution in [1.82, 2.24) is 0 Å². The van der Waals surface area contributed by atoms with E-state index in [-0.39, 0.29) is 6.04 Å². The Labute approximate surface area is 110 Å². The van der Waals surface area contributed by atoms with E-state index in [2.05, 4.69) is 56.0 Å². The van der Waals surface area contributed by atoms with Crippen LogP contribution in [0.2, 0.25) is 0 Å². The molecule has 0 aliphatic carbocycles. The van der Waals surface area contributed by atoms with E-state index in [1.165, 1.54) is 5.56 Å². The lowest BCUT2D eigenvalue weighted by molar-refractivity contribution is 0.682. The Balaban J connectivity index is 2.84. The summed E-state index contributed by atoms with van der Waals surface area (Å²) in [5.74, 6) is 0. The first-order valence-corrected chi connectivity index (χ1v) is 6.59. The van der Waals surface area contributed by atoms with Crippen LogP contribution >= 0.6 is 0 Å². The monoisotopic (exact) mass is 245 g/mol. The lowest BCUT2D eigenvalue weighted by Gasteiger charge is -2.28. The van der Waals surface area contributed by atoms with Gasteiger partial charge in [-0.15, -0.1) is 0 Å². The van der Waals surface area contributed by atoms with Crippen molar-refractivity contribution in [3.63, 3.8) is 0 Å². The third-order valence-electron chi connectivity index (χ3n) is 3.18. The summed E-state index contributed by atoms with van der Waals surface area (Å²) in [6.07, 6.45) is 1.50. The molecule has 0 heterocycles. The van der Waals surface area contributed by atoms with Gasteiger partial charge in [0.1, 0.15) is 0 Å². The van der Waals surface area contributed by atoms with Crippen LogP contribution in [0.3, 0.4) is 0 Å². The zero-order valence-corrected chi connectivity index (χ0v) is 11.6. The molecule has 98 valence electrons. The second kappa shape index (κ2) is 7.03. The fraction of sp³-hybridized carbons (Fsp3) is 0.533. The summed E-state index contributed by atoms with van der Waals surface area (Å²) < 4.78 is 0. The van der Waals surface area contributed by atoms with Crippen molar-refractivity contribution in [2.75, 3.05) is 11.4 Å². The van der Waals surface area contributed by atoms with Crippen LogP contribution in [0.5, 0.6) is 0 Å². The van der Waals surface area contributed by atoms with Crippen molar-refractivity contribution in [3.8, 4) is 6.07 Å². The Bertz CT molecular complexity index is 389. The second-order valence-corrected chi connectivity index (χ2v) is 4.80. The van der Waals surface area contributed by atoms with Crippen LogP contribution in [0, 0.1) is 11.3 Å². The van der Waals surface area contributed by atoms with E-state index in [0.29, 0.717) is 12.5 Å². The van der Waals surface area contributed by atoms with Gasteiger partial charge in [-0.3, -0.25) is 0 Å². The summed E-state index contributed by atoms with van der Waals surface area (Å²) in [5, 5.41) is 8.70. The van der Waals surface area contributed by atoms with E-state index in [4.69, 9.17) is 11.0 Å². The quantitative estimate of drug-likeness (QED) is 0.837. The predicted molar refractivity (Wildman–Crippen MR) is 76.4 cm³/mol. The fourth-order valence-electron chi connectivity index (χ4n) is 2.00. The molecule has 1 aromatic carbocycles. The number of anilines is 1. The van der Waals surface area contributed by atoms with Gasteiger partial charge in [0.05, 0.1) is 12.5 Å². The SMILES string of the molecule is CC[C@@H](N)c1ccc(N(CCC#N)C(C)C)cc1. The predicted octanol–water partition coefficient (Wildman–Crippen LogP) is 3.22. The standard InChI is InChI=1S/C15H23N3/c1-4-15(17)13-6-8-14(9-7-13)18(12(2)3)11-5-10-16/h6-9,12,15H,4-5,11,17H2,1-3H3/t15-/m1/s1. The van der Waals surface area contributed by atoms with Crippen LogP contribution in [0.4, 0.5) is 5.69 Å². The van der Waals surface area contributed by atoms with Crippen LogP contribution in [-0.4, -0.2) is 12.6 Å². The first-order valence-electron chi connectivity index (χ1n) is 6.59. The van der Waals surface area contributed by atoms with Crippen LogP contribution in [0.15, 0.2) is 24.3 Å². The summed E-state index contributed by atoms with van der Waals surface area (Å²) in [7, 11) is 0. The van der Waals surface area contributed by atoms with Crippen LogP contribution < -0.4 is 10.6 Å². The molecule has 0 spiro atoms. The second-order valence-electron chi connectivity index (χ2n) is 4.80. The highest BCUT2D eigenvalue weighted by Crippen LogP contribution is 2.21. The Hall–Kier alpha value is -1.53. The van der Waals surface area contributed by atoms with Crippen molar-refractivity contribution in [2.24, 2.45) is 5.73 Å². The van der Waals surface area contributed by atoms with E-state index in [1.807, 2.05) is 0 Å². The van der Waals surface area contributed by atoms with Crippen molar-refractivity contribution >= 4 is 5.69 Å². The molecule has 0 unspecified atom stereocenters. The molecular formula is C15H23N3. The van der Waals surface area contributed by atoms with Crippen molar-refractivity contribution in [3.05, 3.63) is 29.8 Å². The molecule has 0 saturated carbocycles. The molecule has 3 heteroatoms. The molecule has 0 aliphatic heterocycles. The van der Waals surface area contributed by atoms with Gasteiger partial charge in [-0.25, -0.2) is 0 Å². The Morgan fingerprint density at radius 1 is 1.28 bits per heavy atom. The number of benzene rings is 1. The molecule has 18 heavy (non-hydrogen) atoms. The van der Waals surface area contributed by atoms with Crippen molar-refractivity contribution in [2.45, 2.75) is 45.7 Å². The third kappa shape index (κ3) is 3.75. The largest absolute Gasteiger partial charge is 0.368 e. The summed E-state index contributed by atoms with van der Waals surface area (Å²) in [4.78, 5) is 2.24. The molecule has 0 radical (unpaired) electrons. The van der Waals surface area contributed by atoms with Gasteiger partial charge in [0, 0.05) is 24.3 Å². The maximum atomic E-state index is 8.70. The lowest BCUT2D eigenvalue weighted by Crippen LogP contribution is -2.31. The van der Waals surface area contributed by atoms with E-state index in [1.54, 1.807) is 0 Å². The lowest BCUT2D eigenvalue weighted by atomic mass is 10.0. The number of nitrogens with two attached hydrogens (primary N) is 1. The average molecular weight is 245 g/mol. The number of hydrogen-bond acceptors (Lipinski definition) is 3. The Morgan fingerprint density at radius 2 is 1.89 bits per heavy atom. The highest BCUT2D eigenvalue weighted by Gasteiger charge is 2.10. The highest BCUT2D eigenvalue weighted by atomic mass is 15.1. The van der Waals surface area contributed by atoms with Crippen molar-refractivity contribution in [1.29, 1.82) is 5.26 Å². The Kier molecular flexibility index (Phi) is 5.67. The van der Waals surface area contributed by atoms with Gasteiger partial charge < -0.3 is 10.6 Å². The Morgan fingerprint density at radius 3 is 2.33 bits per heavy atom. The van der Waals surface area contributed by atoms with Crippen LogP contribution in [0.25, 0.3) is 0 Å². The molecule has 0 aliphatic rings. The molecule has 1 aromatic rings. The van der Waals surface area contributed by atoms with E-state index >= 15 is 0 Å². The summed E-state index contributed by atoms with van der Waals surface area (Å²) in [6, 6.07) is 11.1. The van der Waals surface area contributed by atoms with Gasteiger partial charge in [0.15, 0.2) is 0 Å².